The van der Waals surface area contributed by atoms with E-state index in [9.17, 15) is 13.9 Å². The predicted octanol–water partition coefficient (Wildman–Crippen LogP) is 2.49. The van der Waals surface area contributed by atoms with Gasteiger partial charge in [0.2, 0.25) is 11.9 Å². The van der Waals surface area contributed by atoms with Gasteiger partial charge in [0, 0.05) is 18.2 Å². The molecule has 0 fully saturated rings. The van der Waals surface area contributed by atoms with Crippen LogP contribution in [0.3, 0.4) is 0 Å². The zero-order valence-corrected chi connectivity index (χ0v) is 12.0. The first-order chi connectivity index (χ1) is 11.1. The van der Waals surface area contributed by atoms with Gasteiger partial charge < -0.3 is 5.11 Å². The third-order valence-electron chi connectivity index (χ3n) is 3.22. The van der Waals surface area contributed by atoms with Crippen molar-refractivity contribution >= 4 is 5.90 Å². The minimum absolute atomic E-state index is 0.299. The topological polar surface area (TPSA) is 39.3 Å². The molecular formula is C18H12F2N2O. The summed E-state index contributed by atoms with van der Waals surface area (Å²) in [5, 5.41) is 16.2. The number of nitrogens with zero attached hydrogens (tertiary/aromatic N) is 2. The first-order valence-electron chi connectivity index (χ1n) is 6.92. The molecule has 114 valence electrons. The monoisotopic (exact) mass is 310 g/mol. The summed E-state index contributed by atoms with van der Waals surface area (Å²) in [6.45, 7) is 0. The minimum atomic E-state index is -0.690. The van der Waals surface area contributed by atoms with Gasteiger partial charge in [-0.1, -0.05) is 35.0 Å². The highest BCUT2D eigenvalue weighted by molar-refractivity contribution is 5.89. The van der Waals surface area contributed by atoms with Crippen molar-refractivity contribution in [1.29, 1.82) is 0 Å². The standard InChI is InChI=1S/C18H12F2N2O/c19-15-10-14(11-16(20)12-15)17-8-4-5-9-22(17)21-18(23)13-6-2-1-3-7-13/h1-12H. The summed E-state index contributed by atoms with van der Waals surface area (Å²) in [5.74, 6) is -1.82. The predicted molar refractivity (Wildman–Crippen MR) is 80.4 cm³/mol. The normalized spacial score (nSPS) is 11.5. The van der Waals surface area contributed by atoms with Gasteiger partial charge in [0.25, 0.3) is 0 Å². The maximum absolute atomic E-state index is 13.4. The Morgan fingerprint density at radius 2 is 1.52 bits per heavy atom. The Labute approximate surface area is 131 Å². The second-order valence-electron chi connectivity index (χ2n) is 4.86. The van der Waals surface area contributed by atoms with E-state index < -0.39 is 17.5 Å². The molecule has 0 aliphatic heterocycles. The molecule has 0 radical (unpaired) electrons. The summed E-state index contributed by atoms with van der Waals surface area (Å²) in [6.07, 6.45) is 1.55. The third kappa shape index (κ3) is 3.40. The highest BCUT2D eigenvalue weighted by Crippen LogP contribution is 2.18. The lowest BCUT2D eigenvalue weighted by molar-refractivity contribution is -0.670. The molecule has 5 heteroatoms. The average Bonchev–Trinajstić information content (AvgIpc) is 2.55. The van der Waals surface area contributed by atoms with E-state index in [2.05, 4.69) is 5.10 Å². The van der Waals surface area contributed by atoms with Crippen LogP contribution in [0.2, 0.25) is 0 Å². The SMILES string of the molecule is [O-]/C(=N\[n+]1ccccc1-c1cc(F)cc(F)c1)c1ccccc1. The molecule has 1 heterocycles. The van der Waals surface area contributed by atoms with Crippen molar-refractivity contribution in [3.63, 3.8) is 0 Å². The Morgan fingerprint density at radius 3 is 2.22 bits per heavy atom. The van der Waals surface area contributed by atoms with Gasteiger partial charge in [-0.15, -0.1) is 0 Å². The second-order valence-corrected chi connectivity index (χ2v) is 4.86. The largest absolute Gasteiger partial charge is 0.854 e. The maximum atomic E-state index is 13.4. The smallest absolute Gasteiger partial charge is 0.245 e. The fraction of sp³-hybridized carbons (Fsp3) is 0. The van der Waals surface area contributed by atoms with Crippen LogP contribution in [0, 0.1) is 11.6 Å². The van der Waals surface area contributed by atoms with Gasteiger partial charge in [-0.25, -0.2) is 8.78 Å². The molecule has 0 atom stereocenters. The zero-order chi connectivity index (χ0) is 16.2. The molecule has 0 unspecified atom stereocenters. The van der Waals surface area contributed by atoms with Gasteiger partial charge in [0.15, 0.2) is 0 Å². The van der Waals surface area contributed by atoms with Crippen molar-refractivity contribution < 1.29 is 18.6 Å². The second kappa shape index (κ2) is 6.36. The van der Waals surface area contributed by atoms with Gasteiger partial charge in [-0.05, 0) is 28.9 Å². The molecule has 0 aliphatic rings. The number of pyridine rings is 1. The Bertz CT molecular complexity index is 844. The molecule has 3 aromatic rings. The van der Waals surface area contributed by atoms with Crippen LogP contribution in [0.15, 0.2) is 78.0 Å². The van der Waals surface area contributed by atoms with E-state index in [0.29, 0.717) is 16.8 Å². The lowest BCUT2D eigenvalue weighted by Crippen LogP contribution is -2.35. The molecule has 0 saturated carbocycles. The van der Waals surface area contributed by atoms with Crippen molar-refractivity contribution in [3.05, 3.63) is 90.1 Å². The summed E-state index contributed by atoms with van der Waals surface area (Å²) < 4.78 is 28.2. The van der Waals surface area contributed by atoms with Crippen LogP contribution in [-0.4, -0.2) is 5.90 Å². The number of hydrogen-bond donors (Lipinski definition) is 0. The number of rotatable bonds is 3. The first-order valence-corrected chi connectivity index (χ1v) is 6.92. The van der Waals surface area contributed by atoms with E-state index in [0.717, 1.165) is 6.07 Å². The van der Waals surface area contributed by atoms with Crippen LogP contribution in [-0.2, 0) is 0 Å². The molecule has 1 aromatic heterocycles. The summed E-state index contributed by atoms with van der Waals surface area (Å²) in [7, 11) is 0. The Morgan fingerprint density at radius 1 is 0.870 bits per heavy atom. The molecule has 0 amide bonds. The van der Waals surface area contributed by atoms with E-state index in [1.54, 1.807) is 54.7 Å². The molecule has 2 aromatic carbocycles. The Kier molecular flexibility index (Phi) is 4.10. The van der Waals surface area contributed by atoms with Crippen LogP contribution < -0.4 is 9.78 Å². The number of hydrogen-bond acceptors (Lipinski definition) is 2. The van der Waals surface area contributed by atoms with Crippen LogP contribution in [0.1, 0.15) is 5.56 Å². The van der Waals surface area contributed by atoms with Gasteiger partial charge in [0.05, 0.1) is 11.5 Å². The number of aromatic nitrogens is 1. The van der Waals surface area contributed by atoms with Crippen molar-refractivity contribution in [1.82, 2.24) is 0 Å². The molecule has 3 rings (SSSR count). The fourth-order valence-electron chi connectivity index (χ4n) is 2.19. The molecule has 0 aliphatic carbocycles. The van der Waals surface area contributed by atoms with Gasteiger partial charge in [-0.3, -0.25) is 0 Å². The fourth-order valence-corrected chi connectivity index (χ4v) is 2.19. The highest BCUT2D eigenvalue weighted by Gasteiger charge is 2.14. The van der Waals surface area contributed by atoms with E-state index in [1.807, 2.05) is 0 Å². The van der Waals surface area contributed by atoms with Gasteiger partial charge in [0.1, 0.15) is 11.6 Å². The Balaban J connectivity index is 2.08. The Hall–Kier alpha value is -3.08. The average molecular weight is 310 g/mol. The number of benzene rings is 2. The molecule has 23 heavy (non-hydrogen) atoms. The van der Waals surface area contributed by atoms with Crippen molar-refractivity contribution in [2.24, 2.45) is 5.10 Å². The lowest BCUT2D eigenvalue weighted by atomic mass is 10.1. The zero-order valence-electron chi connectivity index (χ0n) is 12.0. The van der Waals surface area contributed by atoms with Crippen LogP contribution in [0.4, 0.5) is 8.78 Å². The lowest BCUT2D eigenvalue weighted by Gasteiger charge is -2.07. The molecule has 0 bridgehead atoms. The van der Waals surface area contributed by atoms with Gasteiger partial charge in [-0.2, -0.15) is 0 Å². The summed E-state index contributed by atoms with van der Waals surface area (Å²) in [4.78, 5) is 0. The van der Waals surface area contributed by atoms with Crippen molar-refractivity contribution in [2.75, 3.05) is 0 Å². The van der Waals surface area contributed by atoms with Crippen molar-refractivity contribution in [2.45, 2.75) is 0 Å². The van der Waals surface area contributed by atoms with E-state index in [1.165, 1.54) is 16.8 Å². The quantitative estimate of drug-likeness (QED) is 0.416. The van der Waals surface area contributed by atoms with Crippen molar-refractivity contribution in [3.8, 4) is 11.3 Å². The molecule has 3 nitrogen and oxygen atoms in total. The third-order valence-corrected chi connectivity index (χ3v) is 3.22. The van der Waals surface area contributed by atoms with E-state index >= 15 is 0 Å². The molecule has 0 spiro atoms. The summed E-state index contributed by atoms with van der Waals surface area (Å²) >= 11 is 0. The molecule has 0 saturated heterocycles. The first kappa shape index (κ1) is 14.8. The van der Waals surface area contributed by atoms with E-state index in [4.69, 9.17) is 0 Å². The minimum Gasteiger partial charge on any atom is -0.854 e. The maximum Gasteiger partial charge on any atom is 0.245 e. The summed E-state index contributed by atoms with van der Waals surface area (Å²) in [6, 6.07) is 16.8. The number of halogens is 2. The van der Waals surface area contributed by atoms with Crippen LogP contribution in [0.5, 0.6) is 0 Å². The highest BCUT2D eigenvalue weighted by atomic mass is 19.1. The summed E-state index contributed by atoms with van der Waals surface area (Å²) in [5.41, 5.74) is 1.14. The van der Waals surface area contributed by atoms with Crippen LogP contribution >= 0.6 is 0 Å². The van der Waals surface area contributed by atoms with Gasteiger partial charge >= 0.3 is 0 Å². The molecular weight excluding hydrogens is 298 g/mol. The van der Waals surface area contributed by atoms with E-state index in [-0.39, 0.29) is 0 Å². The van der Waals surface area contributed by atoms with Crippen LogP contribution in [0.25, 0.3) is 11.3 Å². The molecule has 0 N–H and O–H groups in total.